The van der Waals surface area contributed by atoms with E-state index in [-0.39, 0.29) is 29.7 Å². The molecule has 3 saturated carbocycles. The Morgan fingerprint density at radius 2 is 2.13 bits per heavy atom. The fourth-order valence-electron chi connectivity index (χ4n) is 8.70. The van der Waals surface area contributed by atoms with Gasteiger partial charge in [0.25, 0.3) is 0 Å². The number of carboxylic acids is 1. The second-order valence-electron chi connectivity index (χ2n) is 10.7. The van der Waals surface area contributed by atoms with Gasteiger partial charge >= 0.3 is 17.9 Å². The van der Waals surface area contributed by atoms with Gasteiger partial charge in [-0.2, -0.15) is 0 Å². The van der Waals surface area contributed by atoms with E-state index < -0.39 is 33.9 Å². The van der Waals surface area contributed by atoms with Crippen molar-refractivity contribution in [3.8, 4) is 0 Å². The minimum atomic E-state index is -0.890. The van der Waals surface area contributed by atoms with Crippen LogP contribution in [0.25, 0.3) is 0 Å². The predicted molar refractivity (Wildman–Crippen MR) is 107 cm³/mol. The van der Waals surface area contributed by atoms with Gasteiger partial charge in [0, 0.05) is 25.2 Å². The van der Waals surface area contributed by atoms with Gasteiger partial charge in [-0.15, -0.1) is 0 Å². The first-order valence-electron chi connectivity index (χ1n) is 11.5. The number of carbonyl (C=O) groups excluding carboxylic acids is 2. The molecule has 1 aliphatic heterocycles. The van der Waals surface area contributed by atoms with Gasteiger partial charge in [0.2, 0.25) is 0 Å². The minimum Gasteiger partial charge on any atom is -0.481 e. The minimum absolute atomic E-state index is 0.00198. The van der Waals surface area contributed by atoms with Crippen molar-refractivity contribution in [2.24, 2.45) is 34.5 Å². The monoisotopic (exact) mass is 416 g/mol. The van der Waals surface area contributed by atoms with Crippen molar-refractivity contribution in [3.63, 3.8) is 0 Å². The highest BCUT2D eigenvalue weighted by atomic mass is 16.6. The molecule has 0 aromatic carbocycles. The van der Waals surface area contributed by atoms with E-state index >= 15 is 0 Å². The summed E-state index contributed by atoms with van der Waals surface area (Å²) < 4.78 is 12.2. The highest BCUT2D eigenvalue weighted by Gasteiger charge is 2.83. The van der Waals surface area contributed by atoms with Crippen LogP contribution in [0.3, 0.4) is 0 Å². The van der Waals surface area contributed by atoms with Crippen LogP contribution in [0.15, 0.2) is 12.2 Å². The lowest BCUT2D eigenvalue weighted by molar-refractivity contribution is -0.173. The highest BCUT2D eigenvalue weighted by Crippen LogP contribution is 2.78. The second kappa shape index (κ2) is 6.10. The third-order valence-electron chi connectivity index (χ3n) is 9.41. The third-order valence-corrected chi connectivity index (χ3v) is 9.41. The number of hydrogen-bond acceptors (Lipinski definition) is 5. The molecule has 1 spiro atoms. The van der Waals surface area contributed by atoms with Crippen molar-refractivity contribution in [2.75, 3.05) is 0 Å². The number of ether oxygens (including phenoxy) is 2. The van der Waals surface area contributed by atoms with Crippen LogP contribution in [0, 0.1) is 34.5 Å². The molecule has 4 aliphatic carbocycles. The van der Waals surface area contributed by atoms with Gasteiger partial charge < -0.3 is 14.6 Å². The first-order chi connectivity index (χ1) is 14.2. The van der Waals surface area contributed by atoms with E-state index in [1.54, 1.807) is 0 Å². The smallest absolute Gasteiger partial charge is 0.316 e. The number of fused-ring (bicyclic) bond motifs is 1. The van der Waals surface area contributed by atoms with Crippen LogP contribution in [0.1, 0.15) is 72.1 Å². The fourth-order valence-corrected chi connectivity index (χ4v) is 8.70. The Morgan fingerprint density at radius 1 is 1.37 bits per heavy atom. The first-order valence-corrected chi connectivity index (χ1v) is 11.5. The SMILES string of the molecule is CCCC[C@H]1C[C@]23C[C@@]1(OC(C)=O)CC[C@H]2[C@@]12CC=C[C@](C)(C(=O)O1)[C@H]2[C@@H]3C(=O)O. The second-order valence-corrected chi connectivity index (χ2v) is 10.7. The quantitative estimate of drug-likeness (QED) is 0.540. The number of rotatable bonds is 5. The van der Waals surface area contributed by atoms with Crippen molar-refractivity contribution in [2.45, 2.75) is 83.3 Å². The topological polar surface area (TPSA) is 89.9 Å². The molecule has 0 amide bonds. The van der Waals surface area contributed by atoms with Crippen molar-refractivity contribution >= 4 is 17.9 Å². The van der Waals surface area contributed by atoms with Crippen LogP contribution in [0.4, 0.5) is 0 Å². The summed E-state index contributed by atoms with van der Waals surface area (Å²) in [6.07, 6.45) is 10.3. The average Bonchev–Trinajstić information content (AvgIpc) is 3.08. The Bertz CT molecular complexity index is 849. The van der Waals surface area contributed by atoms with E-state index in [9.17, 15) is 19.5 Å². The lowest BCUT2D eigenvalue weighted by atomic mass is 9.62. The van der Waals surface area contributed by atoms with Crippen molar-refractivity contribution in [3.05, 3.63) is 12.2 Å². The zero-order valence-corrected chi connectivity index (χ0v) is 18.1. The van der Waals surface area contributed by atoms with Crippen molar-refractivity contribution < 1.29 is 29.0 Å². The fraction of sp³-hybridized carbons (Fsp3) is 0.792. The summed E-state index contributed by atoms with van der Waals surface area (Å²) >= 11 is 0. The number of carbonyl (C=O) groups is 3. The Balaban J connectivity index is 1.65. The Kier molecular flexibility index (Phi) is 4.08. The molecule has 1 saturated heterocycles. The normalized spacial score (nSPS) is 50.0. The molecule has 1 heterocycles. The average molecular weight is 417 g/mol. The summed E-state index contributed by atoms with van der Waals surface area (Å²) in [5, 5.41) is 10.5. The van der Waals surface area contributed by atoms with Gasteiger partial charge in [-0.3, -0.25) is 14.4 Å². The molecule has 0 aromatic rings. The standard InChI is InChI=1S/C24H32O6/c1-4-5-7-15-12-22-13-23(15,29-14(2)25)11-8-16(22)24-10-6-9-21(3,20(28)30-24)18(24)17(22)19(26)27/h6,9,15-18H,4-5,7-8,10-13H2,1-3H3,(H,26,27)/t15-,16+,17+,18+,21-,22-,23-,24+/m0/s1. The van der Waals surface area contributed by atoms with E-state index in [1.807, 2.05) is 19.1 Å². The largest absolute Gasteiger partial charge is 0.481 e. The molecule has 0 aromatic heterocycles. The van der Waals surface area contributed by atoms with Crippen LogP contribution in [0.2, 0.25) is 0 Å². The van der Waals surface area contributed by atoms with Gasteiger partial charge in [0.05, 0.1) is 11.3 Å². The van der Waals surface area contributed by atoms with Crippen LogP contribution in [-0.4, -0.2) is 34.2 Å². The van der Waals surface area contributed by atoms with Crippen LogP contribution in [-0.2, 0) is 23.9 Å². The molecule has 5 rings (SSSR count). The molecule has 8 atom stereocenters. The van der Waals surface area contributed by atoms with E-state index in [1.165, 1.54) is 6.92 Å². The van der Waals surface area contributed by atoms with Crippen molar-refractivity contribution in [1.29, 1.82) is 0 Å². The molecule has 1 N–H and O–H groups in total. The molecule has 30 heavy (non-hydrogen) atoms. The molecule has 5 aliphatic rings. The molecule has 164 valence electrons. The predicted octanol–water partition coefficient (Wildman–Crippen LogP) is 3.88. The number of hydrogen-bond donors (Lipinski definition) is 1. The molecule has 6 heteroatoms. The number of unbranched alkanes of at least 4 members (excludes halogenated alkanes) is 1. The number of aliphatic carboxylic acids is 1. The lowest BCUT2D eigenvalue weighted by Gasteiger charge is -2.46. The Hall–Kier alpha value is -1.85. The highest BCUT2D eigenvalue weighted by molar-refractivity contribution is 5.86. The maximum atomic E-state index is 12.9. The first kappa shape index (κ1) is 20.1. The van der Waals surface area contributed by atoms with Gasteiger partial charge in [-0.1, -0.05) is 31.9 Å². The van der Waals surface area contributed by atoms with E-state index in [4.69, 9.17) is 9.47 Å². The number of carboxylic acid groups (broad SMARTS) is 1. The maximum absolute atomic E-state index is 12.9. The molecule has 0 radical (unpaired) electrons. The van der Waals surface area contributed by atoms with Gasteiger partial charge in [0.15, 0.2) is 0 Å². The van der Waals surface area contributed by atoms with E-state index in [2.05, 4.69) is 6.92 Å². The summed E-state index contributed by atoms with van der Waals surface area (Å²) in [5.74, 6) is -2.24. The maximum Gasteiger partial charge on any atom is 0.316 e. The summed E-state index contributed by atoms with van der Waals surface area (Å²) in [7, 11) is 0. The summed E-state index contributed by atoms with van der Waals surface area (Å²) in [4.78, 5) is 37.8. The Labute approximate surface area is 177 Å². The molecule has 0 unspecified atom stereocenters. The van der Waals surface area contributed by atoms with Crippen LogP contribution in [0.5, 0.6) is 0 Å². The molecule has 4 fully saturated rings. The van der Waals surface area contributed by atoms with Crippen LogP contribution >= 0.6 is 0 Å². The van der Waals surface area contributed by atoms with E-state index in [0.717, 1.165) is 38.5 Å². The lowest BCUT2D eigenvalue weighted by Crippen LogP contribution is -2.49. The third kappa shape index (κ3) is 2.18. The van der Waals surface area contributed by atoms with Gasteiger partial charge in [-0.05, 0) is 50.4 Å². The zero-order valence-electron chi connectivity index (χ0n) is 18.1. The summed E-state index contributed by atoms with van der Waals surface area (Å²) in [6.45, 7) is 5.46. The zero-order chi connectivity index (χ0) is 21.5. The molecule has 4 bridgehead atoms. The Morgan fingerprint density at radius 3 is 2.80 bits per heavy atom. The number of esters is 2. The van der Waals surface area contributed by atoms with Gasteiger partial charge in [0.1, 0.15) is 11.2 Å². The molecule has 6 nitrogen and oxygen atoms in total. The van der Waals surface area contributed by atoms with Crippen LogP contribution < -0.4 is 0 Å². The summed E-state index contributed by atoms with van der Waals surface area (Å²) in [5.41, 5.74) is -2.69. The molecular formula is C24H32O6. The van der Waals surface area contributed by atoms with E-state index in [0.29, 0.717) is 12.8 Å². The summed E-state index contributed by atoms with van der Waals surface area (Å²) in [6, 6.07) is 0. The van der Waals surface area contributed by atoms with Gasteiger partial charge in [-0.25, -0.2) is 0 Å². The molecular weight excluding hydrogens is 384 g/mol. The van der Waals surface area contributed by atoms with Crippen molar-refractivity contribution in [1.82, 2.24) is 0 Å².